The van der Waals surface area contributed by atoms with E-state index in [1.165, 1.54) is 21.7 Å². The van der Waals surface area contributed by atoms with Crippen LogP contribution in [0.25, 0.3) is 11.3 Å². The molecule has 0 radical (unpaired) electrons. The molecular weight excluding hydrogens is 435 g/mol. The summed E-state index contributed by atoms with van der Waals surface area (Å²) in [5.41, 5.74) is 2.94. The van der Waals surface area contributed by atoms with E-state index < -0.39 is 29.9 Å². The van der Waals surface area contributed by atoms with Gasteiger partial charge in [-0.1, -0.05) is 50.1 Å². The zero-order valence-corrected chi connectivity index (χ0v) is 18.6. The minimum atomic E-state index is -2.18. The molecule has 3 amide bonds. The van der Waals surface area contributed by atoms with E-state index in [0.717, 1.165) is 17.7 Å². The van der Waals surface area contributed by atoms with Crippen LogP contribution in [0.3, 0.4) is 0 Å². The van der Waals surface area contributed by atoms with Gasteiger partial charge in [0.1, 0.15) is 6.04 Å². The smallest absolute Gasteiger partial charge is 0.278 e. The number of benzene rings is 1. The number of carbonyl (C=O) groups is 3. The van der Waals surface area contributed by atoms with Gasteiger partial charge in [-0.3, -0.25) is 19.6 Å². The molecule has 1 unspecified atom stereocenters. The largest absolute Gasteiger partial charge is 0.330 e. The molecule has 0 spiro atoms. The fourth-order valence-electron chi connectivity index (χ4n) is 3.84. The Morgan fingerprint density at radius 2 is 2.06 bits per heavy atom. The number of amides is 3. The van der Waals surface area contributed by atoms with Gasteiger partial charge in [0.2, 0.25) is 11.8 Å². The van der Waals surface area contributed by atoms with Crippen LogP contribution in [0, 0.1) is 5.92 Å². The van der Waals surface area contributed by atoms with Gasteiger partial charge in [0.05, 0.1) is 11.6 Å². The third-order valence-corrected chi connectivity index (χ3v) is 6.30. The van der Waals surface area contributed by atoms with Crippen molar-refractivity contribution in [3.8, 4) is 11.3 Å². The Labute approximate surface area is 189 Å². The molecule has 10 heteroatoms. The molecule has 1 aromatic carbocycles. The van der Waals surface area contributed by atoms with Gasteiger partial charge in [-0.2, -0.15) is 0 Å². The number of unbranched alkanes of at least 4 members (excludes halogenated alkanes) is 1. The molecule has 8 nitrogen and oxygen atoms in total. The number of rotatable bonds is 9. The third kappa shape index (κ3) is 5.49. The number of hydrogen-bond donors (Lipinski definition) is 3. The highest BCUT2D eigenvalue weighted by Crippen LogP contribution is 2.28. The van der Waals surface area contributed by atoms with E-state index in [1.807, 2.05) is 42.6 Å². The highest BCUT2D eigenvalue weighted by atomic mass is 32.1. The Morgan fingerprint density at radius 3 is 2.75 bits per heavy atom. The maximum atomic E-state index is 14.6. The normalized spacial score (nSPS) is 17.6. The number of halogens is 1. The van der Waals surface area contributed by atoms with Crippen molar-refractivity contribution in [2.24, 2.45) is 5.92 Å². The SMILES string of the molecule is CCCC[C@@H](C(=O)N1CCCC1C(=O)Nc1nc(-c2ccccc2)cs1)[C@H](F)C(=O)NO. The van der Waals surface area contributed by atoms with Gasteiger partial charge in [-0.15, -0.1) is 11.3 Å². The number of hydrogen-bond acceptors (Lipinski definition) is 6. The quantitative estimate of drug-likeness (QED) is 0.391. The maximum Gasteiger partial charge on any atom is 0.278 e. The predicted octanol–water partition coefficient (Wildman–Crippen LogP) is 3.39. The van der Waals surface area contributed by atoms with Gasteiger partial charge in [0.25, 0.3) is 5.91 Å². The van der Waals surface area contributed by atoms with Crippen LogP contribution in [0.15, 0.2) is 35.7 Å². The fraction of sp³-hybridized carbons (Fsp3) is 0.455. The van der Waals surface area contributed by atoms with Crippen molar-refractivity contribution in [1.82, 2.24) is 15.4 Å². The Hall–Kier alpha value is -2.85. The van der Waals surface area contributed by atoms with Crippen LogP contribution in [0.1, 0.15) is 39.0 Å². The molecule has 0 saturated carbocycles. The molecule has 2 heterocycles. The molecule has 2 aromatic rings. The molecule has 0 bridgehead atoms. The molecule has 1 aliphatic rings. The van der Waals surface area contributed by atoms with Crippen molar-refractivity contribution in [3.63, 3.8) is 0 Å². The van der Waals surface area contributed by atoms with Gasteiger partial charge in [-0.25, -0.2) is 14.9 Å². The van der Waals surface area contributed by atoms with E-state index in [1.54, 1.807) is 0 Å². The van der Waals surface area contributed by atoms with Crippen molar-refractivity contribution in [2.75, 3.05) is 11.9 Å². The first-order chi connectivity index (χ1) is 15.5. The first-order valence-corrected chi connectivity index (χ1v) is 11.5. The first kappa shape index (κ1) is 23.8. The standard InChI is InChI=1S/C22H27FN4O4S/c1-2-3-10-15(18(23)20(29)26-31)21(30)27-12-7-11-17(27)19(28)25-22-24-16(13-32-22)14-8-5-4-6-9-14/h4-6,8-9,13,15,17-18,31H,2-3,7,10-12H2,1H3,(H,26,29)(H,24,25,28)/t15-,17?,18+/m1/s1. The Morgan fingerprint density at radius 1 is 1.31 bits per heavy atom. The van der Waals surface area contributed by atoms with Crippen LogP contribution in [-0.2, 0) is 14.4 Å². The summed E-state index contributed by atoms with van der Waals surface area (Å²) in [6.07, 6.45) is 0.271. The lowest BCUT2D eigenvalue weighted by molar-refractivity contribution is -0.148. The molecule has 1 aromatic heterocycles. The van der Waals surface area contributed by atoms with Gasteiger partial charge in [0.15, 0.2) is 11.3 Å². The number of hydroxylamine groups is 1. The Bertz CT molecular complexity index is 939. The van der Waals surface area contributed by atoms with Crippen LogP contribution >= 0.6 is 11.3 Å². The lowest BCUT2D eigenvalue weighted by Crippen LogP contribution is -2.49. The number of thiazole rings is 1. The van der Waals surface area contributed by atoms with Crippen LogP contribution in [0.5, 0.6) is 0 Å². The topological polar surface area (TPSA) is 112 Å². The van der Waals surface area contributed by atoms with Crippen molar-refractivity contribution in [1.29, 1.82) is 0 Å². The monoisotopic (exact) mass is 462 g/mol. The average molecular weight is 463 g/mol. The molecule has 1 saturated heterocycles. The summed E-state index contributed by atoms with van der Waals surface area (Å²) in [5.74, 6) is -3.48. The number of carbonyl (C=O) groups excluding carboxylic acids is 3. The summed E-state index contributed by atoms with van der Waals surface area (Å²) in [7, 11) is 0. The lowest BCUT2D eigenvalue weighted by atomic mass is 9.94. The summed E-state index contributed by atoms with van der Waals surface area (Å²) >= 11 is 1.28. The molecule has 3 N–H and O–H groups in total. The summed E-state index contributed by atoms with van der Waals surface area (Å²) in [6, 6.07) is 8.79. The zero-order chi connectivity index (χ0) is 23.1. The number of nitrogens with one attached hydrogen (secondary N) is 2. The van der Waals surface area contributed by atoms with Crippen LogP contribution in [-0.4, -0.2) is 51.6 Å². The van der Waals surface area contributed by atoms with Crippen LogP contribution < -0.4 is 10.8 Å². The van der Waals surface area contributed by atoms with Gasteiger partial charge in [0, 0.05) is 17.5 Å². The first-order valence-electron chi connectivity index (χ1n) is 10.7. The number of likely N-dealkylation sites (tertiary alicyclic amines) is 1. The minimum Gasteiger partial charge on any atom is -0.330 e. The average Bonchev–Trinajstić information content (AvgIpc) is 3.49. The van der Waals surface area contributed by atoms with Crippen molar-refractivity contribution in [2.45, 2.75) is 51.2 Å². The number of anilines is 1. The Balaban J connectivity index is 1.70. The van der Waals surface area contributed by atoms with E-state index in [0.29, 0.717) is 30.9 Å². The molecule has 3 atom stereocenters. The van der Waals surface area contributed by atoms with E-state index in [9.17, 15) is 18.8 Å². The molecule has 1 aliphatic heterocycles. The van der Waals surface area contributed by atoms with E-state index in [2.05, 4.69) is 10.3 Å². The van der Waals surface area contributed by atoms with Crippen LogP contribution in [0.2, 0.25) is 0 Å². The van der Waals surface area contributed by atoms with Gasteiger partial charge in [-0.05, 0) is 19.3 Å². The molecule has 172 valence electrons. The second kappa shape index (κ2) is 11.1. The predicted molar refractivity (Wildman–Crippen MR) is 119 cm³/mol. The summed E-state index contributed by atoms with van der Waals surface area (Å²) in [4.78, 5) is 43.4. The highest BCUT2D eigenvalue weighted by Gasteiger charge is 2.41. The van der Waals surface area contributed by atoms with Crippen molar-refractivity contribution >= 4 is 34.2 Å². The molecular formula is C22H27FN4O4S. The van der Waals surface area contributed by atoms with Crippen LogP contribution in [0.4, 0.5) is 9.52 Å². The van der Waals surface area contributed by atoms with Gasteiger partial charge >= 0.3 is 0 Å². The summed E-state index contributed by atoms with van der Waals surface area (Å²) in [6.45, 7) is 2.20. The molecule has 1 fully saturated rings. The molecule has 32 heavy (non-hydrogen) atoms. The van der Waals surface area contributed by atoms with E-state index in [-0.39, 0.29) is 12.3 Å². The lowest BCUT2D eigenvalue weighted by Gasteiger charge is -2.29. The van der Waals surface area contributed by atoms with Crippen molar-refractivity contribution in [3.05, 3.63) is 35.7 Å². The Kier molecular flexibility index (Phi) is 8.29. The van der Waals surface area contributed by atoms with Gasteiger partial charge < -0.3 is 10.2 Å². The van der Waals surface area contributed by atoms with E-state index >= 15 is 0 Å². The number of alkyl halides is 1. The number of nitrogens with zero attached hydrogens (tertiary/aromatic N) is 2. The highest BCUT2D eigenvalue weighted by molar-refractivity contribution is 7.14. The zero-order valence-electron chi connectivity index (χ0n) is 17.8. The summed E-state index contributed by atoms with van der Waals surface area (Å²) in [5, 5.41) is 13.8. The third-order valence-electron chi connectivity index (χ3n) is 5.54. The fourth-order valence-corrected chi connectivity index (χ4v) is 4.56. The molecule has 0 aliphatic carbocycles. The van der Waals surface area contributed by atoms with E-state index in [4.69, 9.17) is 5.21 Å². The second-order valence-corrected chi connectivity index (χ2v) is 8.57. The minimum absolute atomic E-state index is 0.154. The maximum absolute atomic E-state index is 14.6. The summed E-state index contributed by atoms with van der Waals surface area (Å²) < 4.78 is 14.6. The number of aromatic nitrogens is 1. The van der Waals surface area contributed by atoms with Crippen molar-refractivity contribution < 1.29 is 24.0 Å². The molecule has 3 rings (SSSR count). The second-order valence-electron chi connectivity index (χ2n) is 7.71.